The van der Waals surface area contributed by atoms with E-state index >= 15 is 0 Å². The monoisotopic (exact) mass is 378 g/mol. The third-order valence-electron chi connectivity index (χ3n) is 3.72. The fraction of sp³-hybridized carbons (Fsp3) is 0.0500. The maximum Gasteiger partial charge on any atom is 0.227 e. The number of benzene rings is 2. The quantitative estimate of drug-likeness (QED) is 0.508. The zero-order valence-corrected chi connectivity index (χ0v) is 15.0. The van der Waals surface area contributed by atoms with Gasteiger partial charge in [-0.25, -0.2) is 19.3 Å². The van der Waals surface area contributed by atoms with Crippen molar-refractivity contribution in [1.82, 2.24) is 15.0 Å². The van der Waals surface area contributed by atoms with Crippen LogP contribution in [-0.4, -0.2) is 15.0 Å². The number of rotatable bonds is 6. The summed E-state index contributed by atoms with van der Waals surface area (Å²) in [5.74, 6) is 0.920. The smallest absolute Gasteiger partial charge is 0.227 e. The van der Waals surface area contributed by atoms with Gasteiger partial charge in [0.1, 0.15) is 28.9 Å². The van der Waals surface area contributed by atoms with Crippen LogP contribution in [0.15, 0.2) is 72.4 Å². The van der Waals surface area contributed by atoms with E-state index in [-0.39, 0.29) is 5.82 Å². The molecule has 1 N–H and O–H groups in total. The number of nitrogens with zero attached hydrogens (tertiary/aromatic N) is 3. The Hall–Kier alpha value is -3.32. The highest BCUT2D eigenvalue weighted by Gasteiger charge is 2.05. The Balaban J connectivity index is 1.45. The van der Waals surface area contributed by atoms with Gasteiger partial charge in [-0.3, -0.25) is 0 Å². The molecule has 2 aromatic carbocycles. The third kappa shape index (κ3) is 4.45. The van der Waals surface area contributed by atoms with E-state index in [0.717, 1.165) is 22.0 Å². The molecule has 134 valence electrons. The van der Waals surface area contributed by atoms with Crippen LogP contribution in [0.1, 0.15) is 5.56 Å². The molecular weight excluding hydrogens is 363 g/mol. The number of thiazole rings is 1. The molecule has 0 bridgehead atoms. The second-order valence-corrected chi connectivity index (χ2v) is 6.57. The zero-order chi connectivity index (χ0) is 18.5. The van der Waals surface area contributed by atoms with Crippen LogP contribution in [0.4, 0.5) is 16.0 Å². The van der Waals surface area contributed by atoms with Crippen molar-refractivity contribution >= 4 is 23.0 Å². The second-order valence-electron chi connectivity index (χ2n) is 5.67. The highest BCUT2D eigenvalue weighted by atomic mass is 32.1. The van der Waals surface area contributed by atoms with Gasteiger partial charge in [0.2, 0.25) is 5.95 Å². The van der Waals surface area contributed by atoms with E-state index in [1.165, 1.54) is 23.5 Å². The van der Waals surface area contributed by atoms with Gasteiger partial charge < -0.3 is 10.1 Å². The predicted molar refractivity (Wildman–Crippen MR) is 104 cm³/mol. The van der Waals surface area contributed by atoms with Crippen LogP contribution in [0.25, 0.3) is 10.7 Å². The second kappa shape index (κ2) is 7.92. The molecule has 2 heterocycles. The van der Waals surface area contributed by atoms with Crippen molar-refractivity contribution in [2.45, 2.75) is 6.61 Å². The lowest BCUT2D eigenvalue weighted by Gasteiger charge is -2.09. The summed E-state index contributed by atoms with van der Waals surface area (Å²) in [5.41, 5.74) is 2.48. The first-order valence-corrected chi connectivity index (χ1v) is 9.11. The maximum absolute atomic E-state index is 13.0. The molecule has 0 aliphatic carbocycles. The fourth-order valence-corrected chi connectivity index (χ4v) is 3.03. The third-order valence-corrected chi connectivity index (χ3v) is 4.51. The molecule has 0 saturated carbocycles. The lowest BCUT2D eigenvalue weighted by Crippen LogP contribution is -1.99. The summed E-state index contributed by atoms with van der Waals surface area (Å²) in [4.78, 5) is 13.0. The summed E-state index contributed by atoms with van der Waals surface area (Å²) in [5, 5.41) is 5.93. The van der Waals surface area contributed by atoms with Crippen molar-refractivity contribution in [3.63, 3.8) is 0 Å². The maximum atomic E-state index is 13.0. The topological polar surface area (TPSA) is 59.9 Å². The Bertz CT molecular complexity index is 1020. The first kappa shape index (κ1) is 17.1. The van der Waals surface area contributed by atoms with Gasteiger partial charge in [-0.1, -0.05) is 18.2 Å². The van der Waals surface area contributed by atoms with Crippen LogP contribution in [0.3, 0.4) is 0 Å². The molecule has 4 rings (SSSR count). The van der Waals surface area contributed by atoms with E-state index < -0.39 is 0 Å². The molecular formula is C20H15FN4OS. The highest BCUT2D eigenvalue weighted by Crippen LogP contribution is 2.23. The van der Waals surface area contributed by atoms with Gasteiger partial charge in [0.05, 0.1) is 0 Å². The van der Waals surface area contributed by atoms with Crippen molar-refractivity contribution in [3.05, 3.63) is 83.8 Å². The van der Waals surface area contributed by atoms with Crippen LogP contribution in [0.5, 0.6) is 5.75 Å². The van der Waals surface area contributed by atoms with E-state index in [4.69, 9.17) is 4.74 Å². The SMILES string of the molecule is Fc1ccc(COc2cccc(Nc3nccc(-c4nccs4)n3)c2)cc1. The minimum absolute atomic E-state index is 0.259. The van der Waals surface area contributed by atoms with Gasteiger partial charge in [-0.05, 0) is 35.9 Å². The van der Waals surface area contributed by atoms with Gasteiger partial charge in [0.25, 0.3) is 0 Å². The standard InChI is InChI=1S/C20H15FN4OS/c21-15-6-4-14(5-7-15)13-26-17-3-1-2-16(12-17)24-20-23-9-8-18(25-20)19-22-10-11-27-19/h1-12H,13H2,(H,23,24,25). The Morgan fingerprint density at radius 3 is 2.70 bits per heavy atom. The number of halogens is 1. The zero-order valence-electron chi connectivity index (χ0n) is 14.2. The molecule has 0 aliphatic heterocycles. The molecule has 0 atom stereocenters. The van der Waals surface area contributed by atoms with Crippen LogP contribution in [-0.2, 0) is 6.61 Å². The normalized spacial score (nSPS) is 10.6. The first-order valence-electron chi connectivity index (χ1n) is 8.23. The fourth-order valence-electron chi connectivity index (χ4n) is 2.43. The number of aromatic nitrogens is 3. The van der Waals surface area contributed by atoms with Gasteiger partial charge in [0, 0.05) is 29.5 Å². The summed E-state index contributed by atoms with van der Waals surface area (Å²) in [7, 11) is 0. The Labute approximate surface area is 159 Å². The molecule has 27 heavy (non-hydrogen) atoms. The van der Waals surface area contributed by atoms with E-state index in [2.05, 4.69) is 20.3 Å². The molecule has 0 amide bonds. The lowest BCUT2D eigenvalue weighted by atomic mass is 10.2. The number of hydrogen-bond donors (Lipinski definition) is 1. The van der Waals surface area contributed by atoms with Gasteiger partial charge in [-0.15, -0.1) is 11.3 Å². The largest absolute Gasteiger partial charge is 0.489 e. The summed E-state index contributed by atoms with van der Waals surface area (Å²) in [6.45, 7) is 0.361. The average molecular weight is 378 g/mol. The van der Waals surface area contributed by atoms with E-state index in [0.29, 0.717) is 18.3 Å². The van der Waals surface area contributed by atoms with Crippen molar-refractivity contribution in [2.24, 2.45) is 0 Å². The predicted octanol–water partition coefficient (Wildman–Crippen LogP) is 5.06. The van der Waals surface area contributed by atoms with Gasteiger partial charge in [0.15, 0.2) is 0 Å². The minimum Gasteiger partial charge on any atom is -0.489 e. The highest BCUT2D eigenvalue weighted by molar-refractivity contribution is 7.13. The van der Waals surface area contributed by atoms with Crippen molar-refractivity contribution in [3.8, 4) is 16.5 Å². The van der Waals surface area contributed by atoms with Crippen LogP contribution in [0.2, 0.25) is 0 Å². The van der Waals surface area contributed by atoms with Crippen LogP contribution >= 0.6 is 11.3 Å². The Morgan fingerprint density at radius 1 is 1.00 bits per heavy atom. The summed E-state index contributed by atoms with van der Waals surface area (Å²) in [6.07, 6.45) is 3.44. The van der Waals surface area contributed by atoms with E-state index in [1.54, 1.807) is 24.5 Å². The Morgan fingerprint density at radius 2 is 1.89 bits per heavy atom. The number of anilines is 2. The minimum atomic E-state index is -0.259. The van der Waals surface area contributed by atoms with Crippen molar-refractivity contribution in [2.75, 3.05) is 5.32 Å². The van der Waals surface area contributed by atoms with Crippen LogP contribution in [0, 0.1) is 5.82 Å². The summed E-state index contributed by atoms with van der Waals surface area (Å²) < 4.78 is 18.7. The average Bonchev–Trinajstić information content (AvgIpc) is 3.23. The molecule has 7 heteroatoms. The molecule has 2 aromatic heterocycles. The molecule has 0 spiro atoms. The molecule has 0 aliphatic rings. The summed E-state index contributed by atoms with van der Waals surface area (Å²) in [6, 6.07) is 15.6. The lowest BCUT2D eigenvalue weighted by molar-refractivity contribution is 0.306. The number of hydrogen-bond acceptors (Lipinski definition) is 6. The molecule has 0 unspecified atom stereocenters. The summed E-state index contributed by atoms with van der Waals surface area (Å²) >= 11 is 1.53. The molecule has 5 nitrogen and oxygen atoms in total. The van der Waals surface area contributed by atoms with Gasteiger partial charge in [-0.2, -0.15) is 0 Å². The van der Waals surface area contributed by atoms with E-state index in [1.807, 2.05) is 35.7 Å². The molecule has 0 radical (unpaired) electrons. The molecule has 0 saturated heterocycles. The van der Waals surface area contributed by atoms with E-state index in [9.17, 15) is 4.39 Å². The molecule has 0 fully saturated rings. The van der Waals surface area contributed by atoms with Crippen molar-refractivity contribution < 1.29 is 9.13 Å². The number of ether oxygens (including phenoxy) is 1. The number of nitrogens with one attached hydrogen (secondary N) is 1. The first-order chi connectivity index (χ1) is 13.3. The molecule has 4 aromatic rings. The van der Waals surface area contributed by atoms with Gasteiger partial charge >= 0.3 is 0 Å². The Kier molecular flexibility index (Phi) is 5.02. The van der Waals surface area contributed by atoms with Crippen LogP contribution < -0.4 is 10.1 Å². The van der Waals surface area contributed by atoms with Crippen molar-refractivity contribution in [1.29, 1.82) is 0 Å².